The van der Waals surface area contributed by atoms with Crippen molar-refractivity contribution >= 4 is 17.2 Å². The minimum atomic E-state index is -0.686. The fourth-order valence-corrected chi connectivity index (χ4v) is 6.00. The Hall–Kier alpha value is -4.79. The molecule has 5 aromatic rings. The van der Waals surface area contributed by atoms with E-state index in [4.69, 9.17) is 5.10 Å². The highest BCUT2D eigenvalue weighted by molar-refractivity contribution is 5.91. The molecule has 194 valence electrons. The van der Waals surface area contributed by atoms with E-state index in [1.807, 2.05) is 23.1 Å². The minimum Gasteiger partial charge on any atom is -0.505 e. The lowest BCUT2D eigenvalue weighted by atomic mass is 10.0. The third-order valence-corrected chi connectivity index (χ3v) is 7.85. The van der Waals surface area contributed by atoms with Gasteiger partial charge in [-0.1, -0.05) is 18.2 Å². The molecule has 3 aromatic heterocycles. The lowest BCUT2D eigenvalue weighted by Gasteiger charge is -2.35. The molecule has 2 fully saturated rings. The van der Waals surface area contributed by atoms with Crippen molar-refractivity contribution in [3.05, 3.63) is 85.1 Å². The molecule has 2 atom stereocenters. The van der Waals surface area contributed by atoms with Gasteiger partial charge in [0.1, 0.15) is 5.69 Å². The molecule has 2 aliphatic heterocycles. The van der Waals surface area contributed by atoms with Crippen molar-refractivity contribution in [1.29, 1.82) is 0 Å². The van der Waals surface area contributed by atoms with Crippen LogP contribution in [0.3, 0.4) is 0 Å². The molecule has 2 aliphatic rings. The van der Waals surface area contributed by atoms with E-state index in [1.54, 1.807) is 36.1 Å². The third kappa shape index (κ3) is 3.80. The molecule has 0 aliphatic carbocycles. The van der Waals surface area contributed by atoms with Crippen molar-refractivity contribution < 1.29 is 14.3 Å². The van der Waals surface area contributed by atoms with Gasteiger partial charge in [-0.2, -0.15) is 5.10 Å². The molecule has 5 heterocycles. The van der Waals surface area contributed by atoms with Gasteiger partial charge < -0.3 is 14.9 Å². The summed E-state index contributed by atoms with van der Waals surface area (Å²) >= 11 is 0. The molecule has 7 rings (SSSR count). The first-order chi connectivity index (χ1) is 19.0. The zero-order valence-electron chi connectivity index (χ0n) is 21.2. The normalized spacial score (nSPS) is 18.3. The van der Waals surface area contributed by atoms with Gasteiger partial charge in [-0.05, 0) is 54.4 Å². The number of hydrogen-bond donors (Lipinski definition) is 1. The van der Waals surface area contributed by atoms with Gasteiger partial charge in [0.25, 0.3) is 0 Å². The van der Waals surface area contributed by atoms with Crippen LogP contribution >= 0.6 is 0 Å². The first-order valence-corrected chi connectivity index (χ1v) is 12.9. The number of nitrogens with zero attached hydrogens (tertiary/aromatic N) is 6. The van der Waals surface area contributed by atoms with Gasteiger partial charge in [0.15, 0.2) is 17.2 Å². The van der Waals surface area contributed by atoms with E-state index in [0.717, 1.165) is 42.0 Å². The molecular weight excluding hydrogens is 495 g/mol. The van der Waals surface area contributed by atoms with E-state index >= 15 is 0 Å². The number of piperazine rings is 1. The number of aromatic hydroxyl groups is 1. The largest absolute Gasteiger partial charge is 0.505 e. The summed E-state index contributed by atoms with van der Waals surface area (Å²) in [6, 6.07) is 18.9. The van der Waals surface area contributed by atoms with Crippen LogP contribution in [-0.4, -0.2) is 60.7 Å². The van der Waals surface area contributed by atoms with Gasteiger partial charge in [0.2, 0.25) is 5.91 Å². The van der Waals surface area contributed by atoms with Crippen molar-refractivity contribution in [1.82, 2.24) is 24.5 Å². The third-order valence-electron chi connectivity index (χ3n) is 7.85. The Morgan fingerprint density at radius 1 is 0.923 bits per heavy atom. The molecule has 2 bridgehead atoms. The monoisotopic (exact) mass is 520 g/mol. The van der Waals surface area contributed by atoms with Gasteiger partial charge in [-0.25, -0.2) is 13.9 Å². The molecular formula is C30H25FN6O2. The topological polar surface area (TPSA) is 86.9 Å². The number of aromatic nitrogens is 4. The van der Waals surface area contributed by atoms with Crippen LogP contribution in [0.1, 0.15) is 13.3 Å². The van der Waals surface area contributed by atoms with Crippen molar-refractivity contribution in [2.45, 2.75) is 25.4 Å². The van der Waals surface area contributed by atoms with Crippen LogP contribution in [0.5, 0.6) is 5.75 Å². The van der Waals surface area contributed by atoms with Crippen molar-refractivity contribution in [2.75, 3.05) is 18.0 Å². The first kappa shape index (κ1) is 23.3. The number of rotatable bonds is 4. The Morgan fingerprint density at radius 3 is 2.38 bits per heavy atom. The van der Waals surface area contributed by atoms with Crippen LogP contribution in [0.15, 0.2) is 79.3 Å². The number of hydrogen-bond acceptors (Lipinski definition) is 6. The number of phenols is 1. The van der Waals surface area contributed by atoms with Crippen LogP contribution in [-0.2, 0) is 4.79 Å². The smallest absolute Gasteiger partial charge is 0.219 e. The quantitative estimate of drug-likeness (QED) is 0.367. The van der Waals surface area contributed by atoms with Crippen LogP contribution in [0.4, 0.5) is 10.1 Å². The fourth-order valence-electron chi connectivity index (χ4n) is 6.00. The number of carbonyl (C=O) groups excluding carboxylic acids is 1. The number of carbonyl (C=O) groups is 1. The van der Waals surface area contributed by atoms with E-state index in [1.165, 1.54) is 12.1 Å². The predicted molar refractivity (Wildman–Crippen MR) is 146 cm³/mol. The van der Waals surface area contributed by atoms with E-state index in [-0.39, 0.29) is 11.9 Å². The maximum atomic E-state index is 13.9. The lowest BCUT2D eigenvalue weighted by molar-refractivity contribution is -0.129. The molecule has 2 aromatic carbocycles. The van der Waals surface area contributed by atoms with Gasteiger partial charge >= 0.3 is 0 Å². The minimum absolute atomic E-state index is 0.153. The maximum Gasteiger partial charge on any atom is 0.219 e. The first-order valence-electron chi connectivity index (χ1n) is 12.9. The van der Waals surface area contributed by atoms with Crippen molar-refractivity contribution in [3.63, 3.8) is 0 Å². The summed E-state index contributed by atoms with van der Waals surface area (Å²) in [7, 11) is 0. The zero-order valence-corrected chi connectivity index (χ0v) is 21.2. The van der Waals surface area contributed by atoms with E-state index in [2.05, 4.69) is 39.1 Å². The Kier molecular flexibility index (Phi) is 5.33. The second-order valence-electron chi connectivity index (χ2n) is 10.1. The highest BCUT2D eigenvalue weighted by Gasteiger charge is 2.44. The second kappa shape index (κ2) is 8.90. The van der Waals surface area contributed by atoms with Crippen LogP contribution < -0.4 is 4.90 Å². The number of pyridine rings is 1. The van der Waals surface area contributed by atoms with E-state index in [9.17, 15) is 14.3 Å². The standard InChI is InChI=1S/C30H25FN6O2/c1-18(38)35-16-24-15-23(35)17-36(24)22-5-2-19(3-6-22)26-10-13-33-30-28(21-4-7-25(31)27(39)14-21)29(34-37(26)30)20-8-11-32-12-9-20/h2-14,23-24,39H,15-17H2,1H3/t23-,24-/m0/s1. The second-order valence-corrected chi connectivity index (χ2v) is 10.1. The fraction of sp³-hybridized carbons (Fsp3) is 0.200. The van der Waals surface area contributed by atoms with E-state index in [0.29, 0.717) is 28.5 Å². The average Bonchev–Trinajstić information content (AvgIpc) is 3.68. The maximum absolute atomic E-state index is 13.9. The number of anilines is 1. The average molecular weight is 521 g/mol. The molecule has 8 nitrogen and oxygen atoms in total. The highest BCUT2D eigenvalue weighted by atomic mass is 19.1. The van der Waals surface area contributed by atoms with Crippen LogP contribution in [0.2, 0.25) is 0 Å². The molecule has 1 N–H and O–H groups in total. The molecule has 9 heteroatoms. The van der Waals surface area contributed by atoms with Crippen molar-refractivity contribution in [3.8, 4) is 39.4 Å². The Morgan fingerprint density at radius 2 is 1.69 bits per heavy atom. The lowest BCUT2D eigenvalue weighted by Crippen LogP contribution is -2.48. The summed E-state index contributed by atoms with van der Waals surface area (Å²) in [5.74, 6) is -0.962. The van der Waals surface area contributed by atoms with Crippen LogP contribution in [0, 0.1) is 5.82 Å². The molecule has 39 heavy (non-hydrogen) atoms. The summed E-state index contributed by atoms with van der Waals surface area (Å²) in [6.45, 7) is 3.28. The summed E-state index contributed by atoms with van der Waals surface area (Å²) in [5, 5.41) is 15.1. The molecule has 0 unspecified atom stereocenters. The number of likely N-dealkylation sites (tertiary alicyclic amines) is 1. The number of amides is 1. The summed E-state index contributed by atoms with van der Waals surface area (Å²) in [5.41, 5.74) is 6.35. The van der Waals surface area contributed by atoms with E-state index < -0.39 is 11.6 Å². The summed E-state index contributed by atoms with van der Waals surface area (Å²) < 4.78 is 15.7. The van der Waals surface area contributed by atoms with Crippen LogP contribution in [0.25, 0.3) is 39.3 Å². The SMILES string of the molecule is CC(=O)N1C[C@@H]2C[C@H]1CN2c1ccc(-c2ccnc3c(-c4ccc(F)c(O)c4)c(-c4ccncc4)nn23)cc1. The predicted octanol–water partition coefficient (Wildman–Crippen LogP) is 4.78. The van der Waals surface area contributed by atoms with Gasteiger partial charge in [-0.3, -0.25) is 9.78 Å². The Labute approximate surface area is 224 Å². The molecule has 2 saturated heterocycles. The summed E-state index contributed by atoms with van der Waals surface area (Å²) in [6.07, 6.45) is 6.14. The molecule has 1 amide bonds. The van der Waals surface area contributed by atoms with Gasteiger partial charge in [0, 0.05) is 61.5 Å². The zero-order chi connectivity index (χ0) is 26.7. The number of phenolic OH excluding ortho intramolecular Hbond substituents is 1. The Bertz CT molecular complexity index is 1720. The molecule has 0 radical (unpaired) electrons. The number of fused-ring (bicyclic) bond motifs is 3. The Balaban J connectivity index is 1.30. The summed E-state index contributed by atoms with van der Waals surface area (Å²) in [4.78, 5) is 25.0. The van der Waals surface area contributed by atoms with Gasteiger partial charge in [-0.15, -0.1) is 0 Å². The highest BCUT2D eigenvalue weighted by Crippen LogP contribution is 2.39. The number of benzene rings is 2. The molecule has 0 saturated carbocycles. The van der Waals surface area contributed by atoms with Gasteiger partial charge in [0.05, 0.1) is 17.3 Å². The number of halogens is 1. The van der Waals surface area contributed by atoms with Crippen molar-refractivity contribution in [2.24, 2.45) is 0 Å². The molecule has 0 spiro atoms.